The first-order valence-electron chi connectivity index (χ1n) is 12.8. The summed E-state index contributed by atoms with van der Waals surface area (Å²) in [4.78, 5) is 0. The predicted octanol–water partition coefficient (Wildman–Crippen LogP) is 7.48. The lowest BCUT2D eigenvalue weighted by molar-refractivity contribution is 0.358. The zero-order chi connectivity index (χ0) is 22.0. The van der Waals surface area contributed by atoms with E-state index in [2.05, 4.69) is 77.1 Å². The quantitative estimate of drug-likeness (QED) is 0.394. The van der Waals surface area contributed by atoms with Gasteiger partial charge in [0, 0.05) is 5.41 Å². The molecule has 0 spiro atoms. The van der Waals surface area contributed by atoms with Crippen LogP contribution in [0.15, 0.2) is 64.3 Å². The van der Waals surface area contributed by atoms with Crippen molar-refractivity contribution < 1.29 is 0 Å². The fraction of sp³-hybridized carbons (Fsp3) is 0.484. The number of hydrogen-bond donors (Lipinski definition) is 0. The molecule has 164 valence electrons. The lowest BCUT2D eigenvalue weighted by Crippen LogP contribution is -2.33. The summed E-state index contributed by atoms with van der Waals surface area (Å²) in [6, 6.07) is 7.22. The summed E-state index contributed by atoms with van der Waals surface area (Å²) in [5, 5.41) is 2.93. The minimum atomic E-state index is 0.193. The average molecular weight is 413 g/mol. The molecule has 0 N–H and O–H groups in total. The third-order valence-corrected chi connectivity index (χ3v) is 7.73. The fourth-order valence-electron chi connectivity index (χ4n) is 6.47. The molecule has 0 aliphatic heterocycles. The van der Waals surface area contributed by atoms with Crippen molar-refractivity contribution in [3.8, 4) is 0 Å². The number of rotatable bonds is 9. The molecule has 0 saturated heterocycles. The Balaban J connectivity index is 2.13. The monoisotopic (exact) mass is 412 g/mol. The van der Waals surface area contributed by atoms with Crippen LogP contribution < -0.4 is 10.4 Å². The van der Waals surface area contributed by atoms with Gasteiger partial charge in [0.05, 0.1) is 0 Å². The van der Waals surface area contributed by atoms with Gasteiger partial charge >= 0.3 is 0 Å². The molecule has 0 heterocycles. The van der Waals surface area contributed by atoms with Gasteiger partial charge in [-0.25, -0.2) is 0 Å². The Labute approximate surface area is 189 Å². The van der Waals surface area contributed by atoms with Gasteiger partial charge in [-0.2, -0.15) is 0 Å². The van der Waals surface area contributed by atoms with Crippen LogP contribution in [0.3, 0.4) is 0 Å². The standard InChI is InChI=1S/C31H40/c1-6-13-26-28(14-7-2)31(10-5,19-8-3)30(23-15-11-12-16-23)27-21-24-20-22(9-4)17-18-25(24)29(26)27/h11-12,15,17-18,20-21H,6-10,13-14,16,19H2,1-5H3. The minimum absolute atomic E-state index is 0.193. The highest BCUT2D eigenvalue weighted by Gasteiger charge is 2.44. The molecule has 4 rings (SSSR count). The van der Waals surface area contributed by atoms with E-state index in [4.69, 9.17) is 0 Å². The second kappa shape index (κ2) is 9.19. The van der Waals surface area contributed by atoms with Gasteiger partial charge in [0.1, 0.15) is 0 Å². The molecule has 3 aliphatic rings. The van der Waals surface area contributed by atoms with Crippen molar-refractivity contribution in [1.29, 1.82) is 0 Å². The molecule has 0 fully saturated rings. The Kier molecular flexibility index (Phi) is 6.56. The number of aryl methyl sites for hydroxylation is 1. The van der Waals surface area contributed by atoms with Crippen molar-refractivity contribution in [2.75, 3.05) is 0 Å². The number of hydrogen-bond acceptors (Lipinski definition) is 0. The summed E-state index contributed by atoms with van der Waals surface area (Å²) in [5.74, 6) is 0. The number of fused-ring (bicyclic) bond motifs is 2. The number of benzene rings is 1. The molecule has 0 bridgehead atoms. The Morgan fingerprint density at radius 3 is 2.35 bits per heavy atom. The van der Waals surface area contributed by atoms with E-state index in [9.17, 15) is 0 Å². The zero-order valence-corrected chi connectivity index (χ0v) is 20.4. The predicted molar refractivity (Wildman–Crippen MR) is 136 cm³/mol. The summed E-state index contributed by atoms with van der Waals surface area (Å²) in [6.07, 6.45) is 20.3. The molecule has 3 aliphatic carbocycles. The molecule has 31 heavy (non-hydrogen) atoms. The molecule has 1 aromatic rings. The first-order chi connectivity index (χ1) is 15.1. The average Bonchev–Trinajstić information content (AvgIpc) is 3.43. The third-order valence-electron chi connectivity index (χ3n) is 7.73. The molecular formula is C31H40. The maximum absolute atomic E-state index is 2.55. The second-order valence-corrected chi connectivity index (χ2v) is 9.55. The number of allylic oxidation sites excluding steroid dienone is 8. The van der Waals surface area contributed by atoms with Gasteiger partial charge < -0.3 is 0 Å². The Hall–Kier alpha value is -2.08. The van der Waals surface area contributed by atoms with Crippen LogP contribution in [0.1, 0.15) is 91.5 Å². The molecule has 0 aromatic heterocycles. The Bertz CT molecular complexity index is 1100. The third kappa shape index (κ3) is 3.53. The molecule has 1 unspecified atom stereocenters. The summed E-state index contributed by atoms with van der Waals surface area (Å²) in [5.41, 5.74) is 11.4. The van der Waals surface area contributed by atoms with Crippen molar-refractivity contribution in [2.24, 2.45) is 5.41 Å². The van der Waals surface area contributed by atoms with Crippen LogP contribution in [-0.2, 0) is 6.42 Å². The van der Waals surface area contributed by atoms with Crippen LogP contribution in [0.25, 0.3) is 11.6 Å². The van der Waals surface area contributed by atoms with Gasteiger partial charge in [-0.05, 0) is 88.5 Å². The van der Waals surface area contributed by atoms with Crippen LogP contribution in [0, 0.1) is 5.41 Å². The first kappa shape index (κ1) is 22.1. The summed E-state index contributed by atoms with van der Waals surface area (Å²) in [7, 11) is 0. The summed E-state index contributed by atoms with van der Waals surface area (Å²) in [6.45, 7) is 11.8. The van der Waals surface area contributed by atoms with Crippen molar-refractivity contribution in [2.45, 2.75) is 92.4 Å². The van der Waals surface area contributed by atoms with E-state index < -0.39 is 0 Å². The second-order valence-electron chi connectivity index (χ2n) is 9.55. The van der Waals surface area contributed by atoms with E-state index in [1.807, 2.05) is 0 Å². The van der Waals surface area contributed by atoms with Gasteiger partial charge in [-0.3, -0.25) is 0 Å². The maximum Gasteiger partial charge on any atom is 0.0174 e. The Morgan fingerprint density at radius 2 is 1.74 bits per heavy atom. The van der Waals surface area contributed by atoms with Crippen LogP contribution >= 0.6 is 0 Å². The van der Waals surface area contributed by atoms with E-state index in [0.29, 0.717) is 0 Å². The minimum Gasteiger partial charge on any atom is -0.0801 e. The SMILES string of the molecule is CCCC1=C(CCC)C(CC)(CCC)C(C2=CC=CC2)=C2C=c3cc(CC)ccc3=C21. The van der Waals surface area contributed by atoms with E-state index in [1.54, 1.807) is 33.4 Å². The largest absolute Gasteiger partial charge is 0.0801 e. The topological polar surface area (TPSA) is 0 Å². The van der Waals surface area contributed by atoms with E-state index in [-0.39, 0.29) is 5.41 Å². The highest BCUT2D eigenvalue weighted by molar-refractivity contribution is 5.95. The van der Waals surface area contributed by atoms with Gasteiger partial charge in [0.25, 0.3) is 0 Å². The van der Waals surface area contributed by atoms with Crippen LogP contribution in [0.4, 0.5) is 0 Å². The van der Waals surface area contributed by atoms with Crippen molar-refractivity contribution >= 4 is 11.6 Å². The van der Waals surface area contributed by atoms with Crippen molar-refractivity contribution in [3.63, 3.8) is 0 Å². The van der Waals surface area contributed by atoms with Crippen LogP contribution in [-0.4, -0.2) is 0 Å². The lowest BCUT2D eigenvalue weighted by atomic mass is 9.58. The zero-order valence-electron chi connectivity index (χ0n) is 20.4. The molecule has 0 nitrogen and oxygen atoms in total. The van der Waals surface area contributed by atoms with Crippen LogP contribution in [0.5, 0.6) is 0 Å². The van der Waals surface area contributed by atoms with Gasteiger partial charge in [-0.15, -0.1) is 0 Å². The van der Waals surface area contributed by atoms with E-state index >= 15 is 0 Å². The highest BCUT2D eigenvalue weighted by atomic mass is 14.5. The molecular weight excluding hydrogens is 372 g/mol. The van der Waals surface area contributed by atoms with Crippen LogP contribution in [0.2, 0.25) is 0 Å². The lowest BCUT2D eigenvalue weighted by Gasteiger charge is -2.45. The Morgan fingerprint density at radius 1 is 0.935 bits per heavy atom. The molecule has 0 heteroatoms. The normalized spacial score (nSPS) is 22.1. The van der Waals surface area contributed by atoms with Crippen molar-refractivity contribution in [1.82, 2.24) is 0 Å². The van der Waals surface area contributed by atoms with Gasteiger partial charge in [0.2, 0.25) is 0 Å². The summed E-state index contributed by atoms with van der Waals surface area (Å²) >= 11 is 0. The molecule has 1 atom stereocenters. The van der Waals surface area contributed by atoms with Gasteiger partial charge in [-0.1, -0.05) is 95.9 Å². The van der Waals surface area contributed by atoms with E-state index in [0.717, 1.165) is 12.8 Å². The maximum atomic E-state index is 2.55. The van der Waals surface area contributed by atoms with Crippen molar-refractivity contribution in [3.05, 3.63) is 80.3 Å². The molecule has 0 amide bonds. The van der Waals surface area contributed by atoms with Gasteiger partial charge in [0.15, 0.2) is 0 Å². The molecule has 0 radical (unpaired) electrons. The first-order valence-corrected chi connectivity index (χ1v) is 12.8. The smallest absolute Gasteiger partial charge is 0.0174 e. The highest BCUT2D eigenvalue weighted by Crippen LogP contribution is 2.58. The molecule has 1 aromatic carbocycles. The van der Waals surface area contributed by atoms with E-state index in [1.165, 1.54) is 60.9 Å². The summed E-state index contributed by atoms with van der Waals surface area (Å²) < 4.78 is 0. The molecule has 0 saturated carbocycles. The fourth-order valence-corrected chi connectivity index (χ4v) is 6.47.